The molecule has 0 aliphatic heterocycles. The topological polar surface area (TPSA) is 88.9 Å². The lowest BCUT2D eigenvalue weighted by molar-refractivity contribution is -0.136. The number of hydrogen-bond acceptors (Lipinski definition) is 4. The van der Waals surface area contributed by atoms with E-state index in [1.807, 2.05) is 0 Å². The van der Waals surface area contributed by atoms with Crippen molar-refractivity contribution >= 4 is 17.6 Å². The minimum atomic E-state index is -0.928. The molecule has 0 aliphatic rings. The normalized spacial score (nSPS) is 11.6. The van der Waals surface area contributed by atoms with Crippen LogP contribution in [-0.2, 0) is 16.0 Å². The van der Waals surface area contributed by atoms with E-state index >= 15 is 0 Å². The molecule has 9 heteroatoms. The molecule has 2 aromatic heterocycles. The van der Waals surface area contributed by atoms with Gasteiger partial charge >= 0.3 is 11.8 Å². The fourth-order valence-corrected chi connectivity index (χ4v) is 3.36. The summed E-state index contributed by atoms with van der Waals surface area (Å²) in [6, 6.07) is 15.7. The zero-order chi connectivity index (χ0) is 23.2. The molecule has 4 aromatic rings. The van der Waals surface area contributed by atoms with Crippen LogP contribution in [0.3, 0.4) is 0 Å². The third-order valence-electron chi connectivity index (χ3n) is 4.88. The van der Waals surface area contributed by atoms with Crippen molar-refractivity contribution in [3.8, 4) is 5.69 Å². The Morgan fingerprint density at radius 3 is 2.33 bits per heavy atom. The molecule has 7 nitrogen and oxygen atoms in total. The molecule has 0 spiro atoms. The van der Waals surface area contributed by atoms with Crippen molar-refractivity contribution in [2.45, 2.75) is 12.5 Å². The number of pyridine rings is 1. The Kier molecular flexibility index (Phi) is 6.49. The van der Waals surface area contributed by atoms with Gasteiger partial charge in [0.2, 0.25) is 0 Å². The fraction of sp³-hybridized carbons (Fsp3) is 0.0833. The van der Waals surface area contributed by atoms with Crippen LogP contribution < -0.4 is 10.6 Å². The lowest BCUT2D eigenvalue weighted by Crippen LogP contribution is -2.39. The first-order chi connectivity index (χ1) is 16.0. The summed E-state index contributed by atoms with van der Waals surface area (Å²) in [5.41, 5.74) is 1.68. The number of nitrogens with one attached hydrogen (secondary N) is 2. The average Bonchev–Trinajstić information content (AvgIpc) is 3.27. The van der Waals surface area contributed by atoms with Crippen LogP contribution in [0.25, 0.3) is 5.69 Å². The summed E-state index contributed by atoms with van der Waals surface area (Å²) < 4.78 is 28.9. The molecule has 0 fully saturated rings. The number of hydrogen-bond donors (Lipinski definition) is 2. The number of anilines is 1. The molecule has 1 atom stereocenters. The summed E-state index contributed by atoms with van der Waals surface area (Å²) in [5.74, 6) is -2.49. The molecular weight excluding hydrogens is 428 g/mol. The van der Waals surface area contributed by atoms with Gasteiger partial charge in [-0.15, -0.1) is 0 Å². The summed E-state index contributed by atoms with van der Waals surface area (Å²) in [6.45, 7) is 0. The highest BCUT2D eigenvalue weighted by molar-refractivity contribution is 6.39. The fourth-order valence-electron chi connectivity index (χ4n) is 3.36. The Labute approximate surface area is 188 Å². The predicted octanol–water partition coefficient (Wildman–Crippen LogP) is 3.58. The van der Waals surface area contributed by atoms with Crippen molar-refractivity contribution in [2.24, 2.45) is 0 Å². The number of amides is 2. The smallest absolute Gasteiger partial charge is 0.314 e. The number of benzene rings is 2. The van der Waals surface area contributed by atoms with Crippen LogP contribution >= 0.6 is 0 Å². The number of nitrogens with zero attached hydrogens (tertiary/aromatic N) is 3. The molecule has 0 unspecified atom stereocenters. The second-order valence-electron chi connectivity index (χ2n) is 7.20. The van der Waals surface area contributed by atoms with E-state index in [1.165, 1.54) is 41.2 Å². The van der Waals surface area contributed by atoms with E-state index in [-0.39, 0.29) is 12.2 Å². The predicted molar refractivity (Wildman–Crippen MR) is 117 cm³/mol. The van der Waals surface area contributed by atoms with Gasteiger partial charge in [0, 0.05) is 18.5 Å². The van der Waals surface area contributed by atoms with E-state index < -0.39 is 29.5 Å². The van der Waals surface area contributed by atoms with Crippen molar-refractivity contribution in [3.63, 3.8) is 0 Å². The van der Waals surface area contributed by atoms with Gasteiger partial charge < -0.3 is 10.6 Å². The molecule has 0 saturated carbocycles. The molecule has 0 saturated heterocycles. The van der Waals surface area contributed by atoms with E-state index in [9.17, 15) is 18.4 Å². The standard InChI is InChI=1S/C24H19F2N5O2/c25-18-5-1-3-16(13-18)14-21(17-4-2-6-19(26)15-17)29-23(32)24(33)30-22-9-12-28-31(22)20-7-10-27-11-8-20/h1-13,15,21H,14H2,(H,29,32)(H,30,33)/t21-/m0/s1. The molecule has 4 rings (SSSR count). The van der Waals surface area contributed by atoms with Crippen LogP contribution in [0.2, 0.25) is 0 Å². The monoisotopic (exact) mass is 447 g/mol. The summed E-state index contributed by atoms with van der Waals surface area (Å²) in [7, 11) is 0. The summed E-state index contributed by atoms with van der Waals surface area (Å²) in [5, 5.41) is 9.29. The number of aromatic nitrogens is 3. The van der Waals surface area contributed by atoms with E-state index in [2.05, 4.69) is 20.7 Å². The Balaban J connectivity index is 1.52. The van der Waals surface area contributed by atoms with Crippen molar-refractivity contribution in [1.82, 2.24) is 20.1 Å². The van der Waals surface area contributed by atoms with Crippen LogP contribution in [0.4, 0.5) is 14.6 Å². The Morgan fingerprint density at radius 2 is 1.61 bits per heavy atom. The van der Waals surface area contributed by atoms with Gasteiger partial charge in [0.25, 0.3) is 0 Å². The van der Waals surface area contributed by atoms with Gasteiger partial charge in [-0.1, -0.05) is 24.3 Å². The van der Waals surface area contributed by atoms with Crippen molar-refractivity contribution in [2.75, 3.05) is 5.32 Å². The van der Waals surface area contributed by atoms with Crippen LogP contribution in [0.1, 0.15) is 17.2 Å². The zero-order valence-electron chi connectivity index (χ0n) is 17.3. The van der Waals surface area contributed by atoms with Crippen molar-refractivity contribution in [1.29, 1.82) is 0 Å². The zero-order valence-corrected chi connectivity index (χ0v) is 17.3. The first-order valence-corrected chi connectivity index (χ1v) is 10.1. The van der Waals surface area contributed by atoms with Gasteiger partial charge in [-0.25, -0.2) is 13.5 Å². The first-order valence-electron chi connectivity index (χ1n) is 10.1. The van der Waals surface area contributed by atoms with E-state index in [1.54, 1.807) is 48.8 Å². The van der Waals surface area contributed by atoms with Crippen LogP contribution in [0, 0.1) is 11.6 Å². The van der Waals surface area contributed by atoms with Crippen LogP contribution in [0.15, 0.2) is 85.3 Å². The molecule has 166 valence electrons. The lowest BCUT2D eigenvalue weighted by Gasteiger charge is -2.19. The molecular formula is C24H19F2N5O2. The van der Waals surface area contributed by atoms with Crippen molar-refractivity contribution in [3.05, 3.63) is 108 Å². The molecule has 2 amide bonds. The highest BCUT2D eigenvalue weighted by Crippen LogP contribution is 2.20. The van der Waals surface area contributed by atoms with Gasteiger partial charge in [0.15, 0.2) is 0 Å². The van der Waals surface area contributed by atoms with Gasteiger partial charge in [-0.2, -0.15) is 5.10 Å². The third kappa shape index (κ3) is 5.45. The quantitative estimate of drug-likeness (QED) is 0.442. The third-order valence-corrected chi connectivity index (χ3v) is 4.88. The largest absolute Gasteiger partial charge is 0.341 e. The lowest BCUT2D eigenvalue weighted by atomic mass is 9.98. The molecule has 0 bridgehead atoms. The number of rotatable bonds is 6. The molecule has 0 aliphatic carbocycles. The summed E-state index contributed by atoms with van der Waals surface area (Å²) in [4.78, 5) is 29.3. The number of carbonyl (C=O) groups is 2. The highest BCUT2D eigenvalue weighted by atomic mass is 19.1. The van der Waals surface area contributed by atoms with E-state index in [4.69, 9.17) is 0 Å². The summed E-state index contributed by atoms with van der Waals surface area (Å²) in [6.07, 6.45) is 4.79. The van der Waals surface area contributed by atoms with Gasteiger partial charge in [0.05, 0.1) is 17.9 Å². The van der Waals surface area contributed by atoms with E-state index in [0.29, 0.717) is 16.8 Å². The first kappa shape index (κ1) is 21.8. The molecule has 2 aromatic carbocycles. The minimum Gasteiger partial charge on any atom is -0.341 e. The Bertz CT molecular complexity index is 1280. The second kappa shape index (κ2) is 9.82. The Hall–Kier alpha value is -4.40. The molecule has 2 N–H and O–H groups in total. The number of carbonyl (C=O) groups excluding carboxylic acids is 2. The molecule has 0 radical (unpaired) electrons. The maximum absolute atomic E-state index is 13.8. The SMILES string of the molecule is O=C(Nc1ccnn1-c1ccncc1)C(=O)N[C@@H](Cc1cccc(F)c1)c1cccc(F)c1. The summed E-state index contributed by atoms with van der Waals surface area (Å²) >= 11 is 0. The second-order valence-corrected chi connectivity index (χ2v) is 7.20. The Morgan fingerprint density at radius 1 is 0.879 bits per heavy atom. The number of halogens is 2. The van der Waals surface area contributed by atoms with Gasteiger partial charge in [-0.05, 0) is 53.9 Å². The maximum atomic E-state index is 13.8. The highest BCUT2D eigenvalue weighted by Gasteiger charge is 2.22. The maximum Gasteiger partial charge on any atom is 0.314 e. The minimum absolute atomic E-state index is 0.162. The van der Waals surface area contributed by atoms with Gasteiger partial charge in [0.1, 0.15) is 17.5 Å². The van der Waals surface area contributed by atoms with Crippen LogP contribution in [0.5, 0.6) is 0 Å². The van der Waals surface area contributed by atoms with Crippen LogP contribution in [-0.4, -0.2) is 26.6 Å². The average molecular weight is 447 g/mol. The molecule has 33 heavy (non-hydrogen) atoms. The van der Waals surface area contributed by atoms with Gasteiger partial charge in [-0.3, -0.25) is 14.6 Å². The molecule has 2 heterocycles. The van der Waals surface area contributed by atoms with E-state index in [0.717, 1.165) is 0 Å². The van der Waals surface area contributed by atoms with Crippen molar-refractivity contribution < 1.29 is 18.4 Å².